The molecule has 2 aromatic carbocycles. The molecular weight excluding hydrogens is 368 g/mol. The van der Waals surface area contributed by atoms with Gasteiger partial charge in [-0.3, -0.25) is 0 Å². The number of hydrogen-bond acceptors (Lipinski definition) is 7. The van der Waals surface area contributed by atoms with E-state index in [0.29, 0.717) is 35.4 Å². The number of rotatable bonds is 8. The molecule has 1 aromatic heterocycles. The third-order valence-corrected chi connectivity index (χ3v) is 4.43. The largest absolute Gasteiger partial charge is 0.493 e. The summed E-state index contributed by atoms with van der Waals surface area (Å²) in [5, 5.41) is 3.28. The monoisotopic (exact) mass is 394 g/mol. The van der Waals surface area contributed by atoms with E-state index in [4.69, 9.17) is 19.9 Å². The van der Waals surface area contributed by atoms with Crippen LogP contribution in [0.4, 0.5) is 11.8 Å². The zero-order chi connectivity index (χ0) is 20.8. The summed E-state index contributed by atoms with van der Waals surface area (Å²) in [6.07, 6.45) is 1.57. The molecule has 0 bridgehead atoms. The van der Waals surface area contributed by atoms with Crippen LogP contribution in [0.15, 0.2) is 48.7 Å². The van der Waals surface area contributed by atoms with E-state index >= 15 is 0 Å². The number of aromatic nitrogens is 2. The lowest BCUT2D eigenvalue weighted by atomic mass is 10.0. The van der Waals surface area contributed by atoms with Crippen molar-refractivity contribution in [2.75, 3.05) is 25.3 Å². The van der Waals surface area contributed by atoms with Crippen molar-refractivity contribution in [3.63, 3.8) is 0 Å². The highest BCUT2D eigenvalue weighted by Gasteiger charge is 2.17. The average molecular weight is 394 g/mol. The van der Waals surface area contributed by atoms with Crippen molar-refractivity contribution in [1.82, 2.24) is 9.97 Å². The van der Waals surface area contributed by atoms with Crippen LogP contribution in [0.2, 0.25) is 0 Å². The van der Waals surface area contributed by atoms with Gasteiger partial charge in [-0.1, -0.05) is 44.2 Å². The molecule has 7 heteroatoms. The second-order valence-electron chi connectivity index (χ2n) is 6.78. The van der Waals surface area contributed by atoms with Gasteiger partial charge in [-0.15, -0.1) is 0 Å². The van der Waals surface area contributed by atoms with Gasteiger partial charge in [0.1, 0.15) is 5.75 Å². The number of nitrogen functional groups attached to an aromatic ring is 1. The van der Waals surface area contributed by atoms with Crippen molar-refractivity contribution in [2.24, 2.45) is 0 Å². The van der Waals surface area contributed by atoms with E-state index in [1.807, 2.05) is 42.5 Å². The molecule has 29 heavy (non-hydrogen) atoms. The van der Waals surface area contributed by atoms with Crippen LogP contribution in [0.5, 0.6) is 23.0 Å². The zero-order valence-electron chi connectivity index (χ0n) is 17.1. The first-order valence-electron chi connectivity index (χ1n) is 9.36. The molecule has 3 N–H and O–H groups in total. The van der Waals surface area contributed by atoms with Gasteiger partial charge in [0, 0.05) is 18.2 Å². The number of hydrogen-bond donors (Lipinski definition) is 2. The van der Waals surface area contributed by atoms with Crippen molar-refractivity contribution < 1.29 is 14.2 Å². The molecule has 3 rings (SSSR count). The fourth-order valence-corrected chi connectivity index (χ4v) is 2.90. The topological polar surface area (TPSA) is 91.5 Å². The summed E-state index contributed by atoms with van der Waals surface area (Å²) in [5.74, 6) is 3.26. The van der Waals surface area contributed by atoms with Crippen LogP contribution in [0.1, 0.15) is 30.9 Å². The second kappa shape index (κ2) is 9.14. The highest BCUT2D eigenvalue weighted by Crippen LogP contribution is 2.41. The van der Waals surface area contributed by atoms with Crippen LogP contribution in [-0.4, -0.2) is 24.2 Å². The molecule has 0 saturated carbocycles. The summed E-state index contributed by atoms with van der Waals surface area (Å²) in [7, 11) is 3.21. The SMILES string of the molecule is COc1cc(Oc2cnc(N)nc2NCc2ccccc2)c(C(C)C)cc1OC. The summed E-state index contributed by atoms with van der Waals surface area (Å²) in [4.78, 5) is 8.40. The number of anilines is 2. The Morgan fingerprint density at radius 3 is 2.31 bits per heavy atom. The predicted molar refractivity (Wildman–Crippen MR) is 114 cm³/mol. The van der Waals surface area contributed by atoms with E-state index < -0.39 is 0 Å². The van der Waals surface area contributed by atoms with Gasteiger partial charge in [0.25, 0.3) is 0 Å². The quantitative estimate of drug-likeness (QED) is 0.577. The van der Waals surface area contributed by atoms with Crippen molar-refractivity contribution >= 4 is 11.8 Å². The third kappa shape index (κ3) is 4.87. The maximum atomic E-state index is 6.21. The molecule has 0 atom stereocenters. The Labute approximate surface area is 170 Å². The number of nitrogens with two attached hydrogens (primary N) is 1. The van der Waals surface area contributed by atoms with Crippen LogP contribution in [-0.2, 0) is 6.54 Å². The average Bonchev–Trinajstić information content (AvgIpc) is 2.74. The lowest BCUT2D eigenvalue weighted by Gasteiger charge is -2.19. The Morgan fingerprint density at radius 1 is 0.966 bits per heavy atom. The summed E-state index contributed by atoms with van der Waals surface area (Å²) >= 11 is 0. The minimum atomic E-state index is 0.171. The van der Waals surface area contributed by atoms with Gasteiger partial charge in [-0.2, -0.15) is 4.98 Å². The van der Waals surface area contributed by atoms with Crippen molar-refractivity contribution in [3.05, 3.63) is 59.8 Å². The molecule has 0 aliphatic heterocycles. The summed E-state index contributed by atoms with van der Waals surface area (Å²) in [6.45, 7) is 4.75. The number of nitrogens with zero attached hydrogens (tertiary/aromatic N) is 2. The maximum absolute atomic E-state index is 6.21. The Morgan fingerprint density at radius 2 is 1.66 bits per heavy atom. The van der Waals surface area contributed by atoms with Crippen LogP contribution in [0.3, 0.4) is 0 Å². The predicted octanol–water partition coefficient (Wildman–Crippen LogP) is 4.60. The van der Waals surface area contributed by atoms with Gasteiger partial charge in [-0.05, 0) is 17.5 Å². The van der Waals surface area contributed by atoms with Crippen LogP contribution >= 0.6 is 0 Å². The molecule has 1 heterocycles. The molecule has 0 aliphatic rings. The molecule has 0 fully saturated rings. The summed E-state index contributed by atoms with van der Waals surface area (Å²) in [5.41, 5.74) is 7.89. The van der Waals surface area contributed by atoms with Crippen molar-refractivity contribution in [1.29, 1.82) is 0 Å². The van der Waals surface area contributed by atoms with E-state index in [0.717, 1.165) is 11.1 Å². The standard InChI is InChI=1S/C22H26N4O3/c1-14(2)16-10-18(27-3)19(28-4)11-17(16)29-20-13-25-22(23)26-21(20)24-12-15-8-6-5-7-9-15/h5-11,13-14H,12H2,1-4H3,(H3,23,24,25,26). The minimum absolute atomic E-state index is 0.171. The lowest BCUT2D eigenvalue weighted by molar-refractivity contribution is 0.350. The van der Waals surface area contributed by atoms with Gasteiger partial charge in [0.05, 0.1) is 20.4 Å². The Balaban J connectivity index is 1.93. The third-order valence-electron chi connectivity index (χ3n) is 4.43. The first kappa shape index (κ1) is 20.3. The number of methoxy groups -OCH3 is 2. The van der Waals surface area contributed by atoms with E-state index in [2.05, 4.69) is 29.1 Å². The fraction of sp³-hybridized carbons (Fsp3) is 0.273. The van der Waals surface area contributed by atoms with Crippen LogP contribution in [0, 0.1) is 0 Å². The summed E-state index contributed by atoms with van der Waals surface area (Å²) < 4.78 is 17.1. The number of benzene rings is 2. The molecule has 0 radical (unpaired) electrons. The zero-order valence-corrected chi connectivity index (χ0v) is 17.1. The summed E-state index contributed by atoms with van der Waals surface area (Å²) in [6, 6.07) is 13.7. The van der Waals surface area contributed by atoms with Crippen molar-refractivity contribution in [3.8, 4) is 23.0 Å². The normalized spacial score (nSPS) is 10.7. The van der Waals surface area contributed by atoms with Crippen LogP contribution < -0.4 is 25.3 Å². The fourth-order valence-electron chi connectivity index (χ4n) is 2.90. The van der Waals surface area contributed by atoms with Gasteiger partial charge in [0.2, 0.25) is 5.95 Å². The highest BCUT2D eigenvalue weighted by atomic mass is 16.5. The van der Waals surface area contributed by atoms with Crippen LogP contribution in [0.25, 0.3) is 0 Å². The minimum Gasteiger partial charge on any atom is -0.493 e. The molecule has 0 spiro atoms. The van der Waals surface area contributed by atoms with Gasteiger partial charge in [-0.25, -0.2) is 4.98 Å². The molecule has 0 unspecified atom stereocenters. The Hall–Kier alpha value is -3.48. The Bertz CT molecular complexity index is 962. The van der Waals surface area contributed by atoms with E-state index in [1.165, 1.54) is 0 Å². The number of ether oxygens (including phenoxy) is 3. The molecule has 0 aliphatic carbocycles. The molecule has 152 valence electrons. The van der Waals surface area contributed by atoms with E-state index in [-0.39, 0.29) is 11.9 Å². The van der Waals surface area contributed by atoms with Gasteiger partial charge < -0.3 is 25.3 Å². The second-order valence-corrected chi connectivity index (χ2v) is 6.78. The highest BCUT2D eigenvalue weighted by molar-refractivity contribution is 5.57. The molecule has 0 amide bonds. The molecule has 0 saturated heterocycles. The molecule has 3 aromatic rings. The molecule has 7 nitrogen and oxygen atoms in total. The number of nitrogens with one attached hydrogen (secondary N) is 1. The maximum Gasteiger partial charge on any atom is 0.222 e. The van der Waals surface area contributed by atoms with E-state index in [1.54, 1.807) is 20.4 Å². The van der Waals surface area contributed by atoms with E-state index in [9.17, 15) is 0 Å². The lowest BCUT2D eigenvalue weighted by Crippen LogP contribution is -2.07. The Kier molecular flexibility index (Phi) is 6.39. The van der Waals surface area contributed by atoms with Gasteiger partial charge in [0.15, 0.2) is 23.1 Å². The van der Waals surface area contributed by atoms with Gasteiger partial charge >= 0.3 is 0 Å². The van der Waals surface area contributed by atoms with Crippen molar-refractivity contribution in [2.45, 2.75) is 26.3 Å². The first-order chi connectivity index (χ1) is 14.0. The first-order valence-corrected chi connectivity index (χ1v) is 9.36. The smallest absolute Gasteiger partial charge is 0.222 e. The molecular formula is C22H26N4O3.